The summed E-state index contributed by atoms with van der Waals surface area (Å²) < 4.78 is 5.52. The van der Waals surface area contributed by atoms with E-state index in [1.54, 1.807) is 0 Å². The lowest BCUT2D eigenvalue weighted by Gasteiger charge is -2.34. The highest BCUT2D eigenvalue weighted by molar-refractivity contribution is 5.81. The summed E-state index contributed by atoms with van der Waals surface area (Å²) in [5.74, 6) is 0.429. The summed E-state index contributed by atoms with van der Waals surface area (Å²) in [6, 6.07) is 10.2. The first-order valence-corrected chi connectivity index (χ1v) is 7.76. The largest absolute Gasteiger partial charge is 0.376 e. The van der Waals surface area contributed by atoms with Crippen molar-refractivity contribution in [2.24, 2.45) is 0 Å². The second kappa shape index (κ2) is 7.57. The molecule has 1 fully saturated rings. The summed E-state index contributed by atoms with van der Waals surface area (Å²) in [6.45, 7) is 9.19. The Kier molecular flexibility index (Phi) is 5.76. The number of carbonyl (C=O) groups excluding carboxylic acids is 1. The van der Waals surface area contributed by atoms with Crippen LogP contribution in [0.25, 0.3) is 0 Å². The van der Waals surface area contributed by atoms with Gasteiger partial charge in [0.05, 0.1) is 18.8 Å². The van der Waals surface area contributed by atoms with E-state index in [9.17, 15) is 4.79 Å². The van der Waals surface area contributed by atoms with Crippen LogP contribution in [0.1, 0.15) is 32.3 Å². The number of hydrogen-bond acceptors (Lipinski definition) is 3. The molecule has 0 aromatic heterocycles. The van der Waals surface area contributed by atoms with Gasteiger partial charge in [0.15, 0.2) is 0 Å². The Morgan fingerprint density at radius 1 is 1.38 bits per heavy atom. The highest BCUT2D eigenvalue weighted by Crippen LogP contribution is 2.14. The highest BCUT2D eigenvalue weighted by Gasteiger charge is 2.26. The fourth-order valence-corrected chi connectivity index (χ4v) is 2.66. The van der Waals surface area contributed by atoms with Crippen molar-refractivity contribution in [3.05, 3.63) is 35.9 Å². The molecule has 0 radical (unpaired) electrons. The molecule has 3 unspecified atom stereocenters. The monoisotopic (exact) mass is 290 g/mol. The van der Waals surface area contributed by atoms with Gasteiger partial charge in [0, 0.05) is 19.6 Å². The van der Waals surface area contributed by atoms with E-state index in [-0.39, 0.29) is 18.1 Å². The van der Waals surface area contributed by atoms with Gasteiger partial charge in [-0.3, -0.25) is 9.69 Å². The van der Waals surface area contributed by atoms with E-state index in [2.05, 4.69) is 29.3 Å². The van der Waals surface area contributed by atoms with Crippen LogP contribution < -0.4 is 5.32 Å². The summed E-state index contributed by atoms with van der Waals surface area (Å²) in [6.07, 6.45) is 0.206. The van der Waals surface area contributed by atoms with Crippen molar-refractivity contribution in [2.45, 2.75) is 38.8 Å². The van der Waals surface area contributed by atoms with Gasteiger partial charge in [0.25, 0.3) is 0 Å². The van der Waals surface area contributed by atoms with Crippen molar-refractivity contribution in [3.63, 3.8) is 0 Å². The van der Waals surface area contributed by atoms with Crippen LogP contribution in [-0.4, -0.2) is 49.2 Å². The third-order valence-electron chi connectivity index (χ3n) is 4.15. The smallest absolute Gasteiger partial charge is 0.237 e. The fourth-order valence-electron chi connectivity index (χ4n) is 2.66. The topological polar surface area (TPSA) is 41.6 Å². The summed E-state index contributed by atoms with van der Waals surface area (Å²) in [4.78, 5) is 14.5. The minimum Gasteiger partial charge on any atom is -0.376 e. The zero-order chi connectivity index (χ0) is 15.2. The van der Waals surface area contributed by atoms with Gasteiger partial charge in [-0.25, -0.2) is 0 Å². The maximum atomic E-state index is 12.3. The van der Waals surface area contributed by atoms with E-state index >= 15 is 0 Å². The lowest BCUT2D eigenvalue weighted by atomic mass is 10.0. The quantitative estimate of drug-likeness (QED) is 0.902. The van der Waals surface area contributed by atoms with E-state index in [0.29, 0.717) is 19.1 Å². The van der Waals surface area contributed by atoms with Crippen molar-refractivity contribution in [2.75, 3.05) is 26.2 Å². The van der Waals surface area contributed by atoms with Crippen LogP contribution >= 0.6 is 0 Å². The van der Waals surface area contributed by atoms with Crippen molar-refractivity contribution >= 4 is 5.91 Å². The number of rotatable bonds is 5. The van der Waals surface area contributed by atoms with Crippen molar-refractivity contribution in [1.82, 2.24) is 10.2 Å². The lowest BCUT2D eigenvalue weighted by molar-refractivity contribution is -0.128. The molecule has 1 saturated heterocycles. The molecule has 1 N–H and O–H groups in total. The molecule has 0 spiro atoms. The molecule has 0 bridgehead atoms. The minimum atomic E-state index is -0.0978. The SMILES string of the molecule is CC1CN(C(C)C(=O)NCC(C)c2ccccc2)CCO1. The maximum Gasteiger partial charge on any atom is 0.237 e. The first-order valence-electron chi connectivity index (χ1n) is 7.76. The Labute approximate surface area is 127 Å². The van der Waals surface area contributed by atoms with Gasteiger partial charge in [-0.15, -0.1) is 0 Å². The summed E-state index contributed by atoms with van der Waals surface area (Å²) >= 11 is 0. The van der Waals surface area contributed by atoms with E-state index in [4.69, 9.17) is 4.74 Å². The second-order valence-electron chi connectivity index (χ2n) is 5.91. The number of nitrogens with zero attached hydrogens (tertiary/aromatic N) is 1. The third-order valence-corrected chi connectivity index (χ3v) is 4.15. The number of nitrogens with one attached hydrogen (secondary N) is 1. The molecule has 1 heterocycles. The molecule has 1 aromatic carbocycles. The van der Waals surface area contributed by atoms with Crippen LogP contribution in [0.15, 0.2) is 30.3 Å². The molecule has 0 saturated carbocycles. The molecule has 1 aliphatic rings. The molecule has 4 heteroatoms. The van der Waals surface area contributed by atoms with Crippen LogP contribution in [0.3, 0.4) is 0 Å². The van der Waals surface area contributed by atoms with Gasteiger partial charge >= 0.3 is 0 Å². The Bertz CT molecular complexity index is 449. The van der Waals surface area contributed by atoms with Gasteiger partial charge in [-0.2, -0.15) is 0 Å². The van der Waals surface area contributed by atoms with Crippen molar-refractivity contribution < 1.29 is 9.53 Å². The van der Waals surface area contributed by atoms with E-state index < -0.39 is 0 Å². The van der Waals surface area contributed by atoms with Gasteiger partial charge in [0.2, 0.25) is 5.91 Å². The van der Waals surface area contributed by atoms with E-state index in [0.717, 1.165) is 13.1 Å². The summed E-state index contributed by atoms with van der Waals surface area (Å²) in [7, 11) is 0. The zero-order valence-corrected chi connectivity index (χ0v) is 13.2. The fraction of sp³-hybridized carbons (Fsp3) is 0.588. The van der Waals surface area contributed by atoms with Crippen molar-refractivity contribution in [1.29, 1.82) is 0 Å². The van der Waals surface area contributed by atoms with Crippen LogP contribution in [0.2, 0.25) is 0 Å². The first kappa shape index (κ1) is 16.0. The molecule has 116 valence electrons. The highest BCUT2D eigenvalue weighted by atomic mass is 16.5. The molecule has 1 aliphatic heterocycles. The zero-order valence-electron chi connectivity index (χ0n) is 13.2. The molecule has 0 aliphatic carbocycles. The van der Waals surface area contributed by atoms with Crippen LogP contribution in [0.4, 0.5) is 0 Å². The van der Waals surface area contributed by atoms with E-state index in [1.165, 1.54) is 5.56 Å². The Morgan fingerprint density at radius 2 is 2.10 bits per heavy atom. The molecule has 21 heavy (non-hydrogen) atoms. The van der Waals surface area contributed by atoms with Gasteiger partial charge in [0.1, 0.15) is 0 Å². The Balaban J connectivity index is 1.81. The number of morpholine rings is 1. The van der Waals surface area contributed by atoms with Crippen LogP contribution in [0, 0.1) is 0 Å². The molecule has 3 atom stereocenters. The minimum absolute atomic E-state index is 0.0978. The van der Waals surface area contributed by atoms with Crippen molar-refractivity contribution in [3.8, 4) is 0 Å². The summed E-state index contributed by atoms with van der Waals surface area (Å²) in [5, 5.41) is 3.07. The molecule has 1 amide bonds. The average Bonchev–Trinajstić information content (AvgIpc) is 2.52. The molecular weight excluding hydrogens is 264 g/mol. The predicted molar refractivity (Wildman–Crippen MR) is 84.3 cm³/mol. The standard InChI is InChI=1S/C17H26N2O2/c1-13(16-7-5-4-6-8-16)11-18-17(20)15(3)19-9-10-21-14(2)12-19/h4-8,13-15H,9-12H2,1-3H3,(H,18,20). The number of amides is 1. The van der Waals surface area contributed by atoms with E-state index in [1.807, 2.05) is 32.0 Å². The number of benzene rings is 1. The van der Waals surface area contributed by atoms with Crippen LogP contribution in [-0.2, 0) is 9.53 Å². The first-order chi connectivity index (χ1) is 10.1. The van der Waals surface area contributed by atoms with Gasteiger partial charge in [-0.05, 0) is 25.3 Å². The Hall–Kier alpha value is -1.39. The van der Waals surface area contributed by atoms with Crippen LogP contribution in [0.5, 0.6) is 0 Å². The Morgan fingerprint density at radius 3 is 2.76 bits per heavy atom. The van der Waals surface area contributed by atoms with Gasteiger partial charge < -0.3 is 10.1 Å². The third kappa shape index (κ3) is 4.55. The van der Waals surface area contributed by atoms with Gasteiger partial charge in [-0.1, -0.05) is 37.3 Å². The second-order valence-corrected chi connectivity index (χ2v) is 5.91. The average molecular weight is 290 g/mol. The number of carbonyl (C=O) groups is 1. The lowest BCUT2D eigenvalue weighted by Crippen LogP contribution is -2.52. The predicted octanol–water partition coefficient (Wildman–Crippen LogP) is 2.02. The summed E-state index contributed by atoms with van der Waals surface area (Å²) in [5.41, 5.74) is 1.26. The molecule has 4 nitrogen and oxygen atoms in total. The molecular formula is C17H26N2O2. The number of hydrogen-bond donors (Lipinski definition) is 1. The molecule has 1 aromatic rings. The normalized spacial score (nSPS) is 22.5. The maximum absolute atomic E-state index is 12.3. The number of ether oxygens (including phenoxy) is 1. The molecule has 2 rings (SSSR count).